The molecule has 0 aliphatic heterocycles. The summed E-state index contributed by atoms with van der Waals surface area (Å²) >= 11 is 0. The number of primary amides is 1. The van der Waals surface area contributed by atoms with Gasteiger partial charge in [0.25, 0.3) is 0 Å². The number of methoxy groups -OCH3 is 1. The topological polar surface area (TPSA) is 72.6 Å². The molecule has 2 N–H and O–H groups in total. The Bertz CT molecular complexity index is 420. The second-order valence-electron chi connectivity index (χ2n) is 4.28. The molecule has 0 fully saturated rings. The first-order valence-electron chi connectivity index (χ1n) is 6.21. The molecular formula is C14H20N2O3. The number of likely N-dealkylation sites (N-methyl/N-ethyl adjacent to an activating group) is 1. The van der Waals surface area contributed by atoms with Crippen molar-refractivity contribution in [2.45, 2.75) is 12.8 Å². The molecule has 0 spiro atoms. The van der Waals surface area contributed by atoms with Crippen molar-refractivity contribution in [2.24, 2.45) is 5.73 Å². The van der Waals surface area contributed by atoms with E-state index >= 15 is 0 Å². The number of ether oxygens (including phenoxy) is 1. The summed E-state index contributed by atoms with van der Waals surface area (Å²) < 4.78 is 4.84. The van der Waals surface area contributed by atoms with Crippen molar-refractivity contribution in [3.63, 3.8) is 0 Å². The molecule has 1 rings (SSSR count). The van der Waals surface area contributed by atoms with E-state index in [1.54, 1.807) is 0 Å². The molecule has 0 aromatic heterocycles. The smallest absolute Gasteiger partial charge is 0.314 e. The van der Waals surface area contributed by atoms with Gasteiger partial charge in [0, 0.05) is 6.54 Å². The van der Waals surface area contributed by atoms with E-state index in [2.05, 4.69) is 0 Å². The fourth-order valence-corrected chi connectivity index (χ4v) is 1.93. The van der Waals surface area contributed by atoms with E-state index in [-0.39, 0.29) is 12.5 Å². The van der Waals surface area contributed by atoms with Crippen molar-refractivity contribution < 1.29 is 14.3 Å². The van der Waals surface area contributed by atoms with E-state index in [0.717, 1.165) is 5.56 Å². The molecule has 0 aliphatic rings. The van der Waals surface area contributed by atoms with E-state index in [1.165, 1.54) is 7.11 Å². The van der Waals surface area contributed by atoms with Crippen LogP contribution < -0.4 is 5.73 Å². The van der Waals surface area contributed by atoms with Gasteiger partial charge in [-0.15, -0.1) is 0 Å². The Morgan fingerprint density at radius 1 is 1.32 bits per heavy atom. The van der Waals surface area contributed by atoms with Gasteiger partial charge in [-0.2, -0.15) is 0 Å². The van der Waals surface area contributed by atoms with Crippen molar-refractivity contribution in [1.29, 1.82) is 0 Å². The molecule has 0 bridgehead atoms. The summed E-state index contributed by atoms with van der Waals surface area (Å²) in [6.07, 6.45) is 0. The molecule has 5 heteroatoms. The fourth-order valence-electron chi connectivity index (χ4n) is 1.93. The summed E-state index contributed by atoms with van der Waals surface area (Å²) in [5, 5.41) is 0. The fraction of sp³-hybridized carbons (Fsp3) is 0.429. The number of carbonyl (C=O) groups is 2. The Balaban J connectivity index is 2.86. The molecule has 5 nitrogen and oxygen atoms in total. The predicted octanol–water partition coefficient (Wildman–Crippen LogP) is 0.750. The lowest BCUT2D eigenvalue weighted by Gasteiger charge is -2.24. The lowest BCUT2D eigenvalue weighted by atomic mass is 9.98. The van der Waals surface area contributed by atoms with Crippen LogP contribution in [-0.2, 0) is 14.3 Å². The monoisotopic (exact) mass is 264 g/mol. The van der Waals surface area contributed by atoms with Crippen LogP contribution in [-0.4, -0.2) is 43.5 Å². The van der Waals surface area contributed by atoms with Crippen LogP contribution in [0, 0.1) is 0 Å². The number of hydrogen-bond acceptors (Lipinski definition) is 4. The van der Waals surface area contributed by atoms with Crippen LogP contribution in [0.25, 0.3) is 0 Å². The number of nitrogens with two attached hydrogens (primary N) is 1. The number of carbonyl (C=O) groups excluding carboxylic acids is 2. The minimum Gasteiger partial charge on any atom is -0.469 e. The summed E-state index contributed by atoms with van der Waals surface area (Å²) in [7, 11) is 1.36. The minimum absolute atomic E-state index is 0.136. The molecule has 0 saturated heterocycles. The van der Waals surface area contributed by atoms with Gasteiger partial charge in [-0.25, -0.2) is 0 Å². The number of amides is 1. The molecule has 0 heterocycles. The SMILES string of the molecule is CCN(CC(N)=O)CC(C(=O)OC)c1ccccc1. The van der Waals surface area contributed by atoms with Gasteiger partial charge in [0.05, 0.1) is 19.6 Å². The summed E-state index contributed by atoms with van der Waals surface area (Å²) in [4.78, 5) is 24.7. The van der Waals surface area contributed by atoms with E-state index < -0.39 is 11.8 Å². The lowest BCUT2D eigenvalue weighted by molar-refractivity contribution is -0.143. The second kappa shape index (κ2) is 7.53. The average Bonchev–Trinajstić information content (AvgIpc) is 2.43. The van der Waals surface area contributed by atoms with Gasteiger partial charge >= 0.3 is 5.97 Å². The Morgan fingerprint density at radius 3 is 2.42 bits per heavy atom. The van der Waals surface area contributed by atoms with Crippen molar-refractivity contribution >= 4 is 11.9 Å². The lowest BCUT2D eigenvalue weighted by Crippen LogP contribution is -2.38. The molecule has 19 heavy (non-hydrogen) atoms. The van der Waals surface area contributed by atoms with Crippen LogP contribution in [0.4, 0.5) is 0 Å². The third-order valence-corrected chi connectivity index (χ3v) is 2.96. The van der Waals surface area contributed by atoms with Crippen molar-refractivity contribution in [2.75, 3.05) is 26.7 Å². The van der Waals surface area contributed by atoms with Crippen LogP contribution in [0.5, 0.6) is 0 Å². The maximum absolute atomic E-state index is 11.9. The van der Waals surface area contributed by atoms with Crippen molar-refractivity contribution in [3.8, 4) is 0 Å². The quantitative estimate of drug-likeness (QED) is 0.738. The molecule has 1 atom stereocenters. The summed E-state index contributed by atoms with van der Waals surface area (Å²) in [5.74, 6) is -1.13. The maximum atomic E-state index is 11.9. The zero-order chi connectivity index (χ0) is 14.3. The second-order valence-corrected chi connectivity index (χ2v) is 4.28. The molecule has 0 aliphatic carbocycles. The standard InChI is InChI=1S/C14H20N2O3/c1-3-16(10-13(15)17)9-12(14(18)19-2)11-7-5-4-6-8-11/h4-8,12H,3,9-10H2,1-2H3,(H2,15,17). The van der Waals surface area contributed by atoms with Crippen molar-refractivity contribution in [3.05, 3.63) is 35.9 Å². The molecule has 0 radical (unpaired) electrons. The van der Waals surface area contributed by atoms with E-state index in [9.17, 15) is 9.59 Å². The number of esters is 1. The third kappa shape index (κ3) is 4.71. The van der Waals surface area contributed by atoms with Gasteiger partial charge in [0.1, 0.15) is 0 Å². The number of benzene rings is 1. The van der Waals surface area contributed by atoms with Crippen LogP contribution >= 0.6 is 0 Å². The maximum Gasteiger partial charge on any atom is 0.314 e. The highest BCUT2D eigenvalue weighted by atomic mass is 16.5. The van der Waals surface area contributed by atoms with Crippen LogP contribution in [0.1, 0.15) is 18.4 Å². The molecule has 0 saturated carbocycles. The van der Waals surface area contributed by atoms with Crippen LogP contribution in [0.3, 0.4) is 0 Å². The number of nitrogens with zero attached hydrogens (tertiary/aromatic N) is 1. The minimum atomic E-state index is -0.412. The van der Waals surface area contributed by atoms with Gasteiger partial charge in [-0.3, -0.25) is 14.5 Å². The first-order chi connectivity index (χ1) is 9.08. The largest absolute Gasteiger partial charge is 0.469 e. The Kier molecular flexibility index (Phi) is 6.02. The highest BCUT2D eigenvalue weighted by molar-refractivity contribution is 5.79. The van der Waals surface area contributed by atoms with Crippen molar-refractivity contribution in [1.82, 2.24) is 4.90 Å². The molecule has 1 aromatic carbocycles. The van der Waals surface area contributed by atoms with E-state index in [1.807, 2.05) is 42.2 Å². The van der Waals surface area contributed by atoms with E-state index in [0.29, 0.717) is 13.1 Å². The predicted molar refractivity (Wildman–Crippen MR) is 72.5 cm³/mol. The first kappa shape index (κ1) is 15.2. The van der Waals surface area contributed by atoms with Gasteiger partial charge in [0.15, 0.2) is 0 Å². The van der Waals surface area contributed by atoms with Gasteiger partial charge in [-0.05, 0) is 12.1 Å². The summed E-state index contributed by atoms with van der Waals surface area (Å²) in [6.45, 7) is 3.11. The number of rotatable bonds is 7. The molecule has 1 amide bonds. The van der Waals surface area contributed by atoms with Gasteiger partial charge < -0.3 is 10.5 Å². The molecular weight excluding hydrogens is 244 g/mol. The first-order valence-corrected chi connectivity index (χ1v) is 6.21. The zero-order valence-corrected chi connectivity index (χ0v) is 11.3. The van der Waals surface area contributed by atoms with E-state index in [4.69, 9.17) is 10.5 Å². The zero-order valence-electron chi connectivity index (χ0n) is 11.3. The molecule has 1 unspecified atom stereocenters. The Morgan fingerprint density at radius 2 is 1.95 bits per heavy atom. The number of hydrogen-bond donors (Lipinski definition) is 1. The summed E-state index contributed by atoms with van der Waals surface area (Å²) in [6, 6.07) is 9.38. The molecule has 1 aromatic rings. The highest BCUT2D eigenvalue weighted by Crippen LogP contribution is 2.18. The average molecular weight is 264 g/mol. The van der Waals surface area contributed by atoms with Gasteiger partial charge in [0.2, 0.25) is 5.91 Å². The van der Waals surface area contributed by atoms with Crippen LogP contribution in [0.15, 0.2) is 30.3 Å². The van der Waals surface area contributed by atoms with Gasteiger partial charge in [-0.1, -0.05) is 37.3 Å². The highest BCUT2D eigenvalue weighted by Gasteiger charge is 2.24. The normalized spacial score (nSPS) is 12.2. The Labute approximate surface area is 113 Å². The third-order valence-electron chi connectivity index (χ3n) is 2.96. The molecule has 104 valence electrons. The summed E-state index contributed by atoms with van der Waals surface area (Å²) in [5.41, 5.74) is 6.07. The Hall–Kier alpha value is -1.88. The van der Waals surface area contributed by atoms with Crippen LogP contribution in [0.2, 0.25) is 0 Å².